The molecule has 1 spiro atoms. The van der Waals surface area contributed by atoms with E-state index in [1.54, 1.807) is 6.08 Å². The Labute approximate surface area is 142 Å². The van der Waals surface area contributed by atoms with Gasteiger partial charge in [-0.3, -0.25) is 9.59 Å². The molecule has 2 saturated heterocycles. The summed E-state index contributed by atoms with van der Waals surface area (Å²) in [6, 6.07) is 0. The van der Waals surface area contributed by atoms with Gasteiger partial charge in [0.15, 0.2) is 5.78 Å². The van der Waals surface area contributed by atoms with Gasteiger partial charge in [0.05, 0.1) is 5.41 Å². The van der Waals surface area contributed by atoms with E-state index in [1.807, 2.05) is 19.9 Å². The van der Waals surface area contributed by atoms with Crippen molar-refractivity contribution in [2.45, 2.75) is 64.8 Å². The zero-order chi connectivity index (χ0) is 17.1. The van der Waals surface area contributed by atoms with Crippen molar-refractivity contribution in [3.63, 3.8) is 0 Å². The minimum atomic E-state index is -0.659. The van der Waals surface area contributed by atoms with Crippen LogP contribution in [0.1, 0.15) is 47.0 Å². The first kappa shape index (κ1) is 14.9. The van der Waals surface area contributed by atoms with Crippen molar-refractivity contribution < 1.29 is 19.1 Å². The van der Waals surface area contributed by atoms with Crippen LogP contribution in [0.4, 0.5) is 0 Å². The van der Waals surface area contributed by atoms with Crippen LogP contribution >= 0.6 is 0 Å². The maximum atomic E-state index is 13.0. The summed E-state index contributed by atoms with van der Waals surface area (Å²) in [6.45, 7) is 8.52. The Morgan fingerprint density at radius 2 is 1.96 bits per heavy atom. The van der Waals surface area contributed by atoms with Gasteiger partial charge in [-0.2, -0.15) is 0 Å². The van der Waals surface area contributed by atoms with E-state index in [4.69, 9.17) is 9.47 Å². The van der Waals surface area contributed by atoms with E-state index in [2.05, 4.69) is 13.8 Å². The molecule has 2 heterocycles. The monoisotopic (exact) mass is 328 g/mol. The average Bonchev–Trinajstić information content (AvgIpc) is 3.14. The number of ether oxygens (including phenoxy) is 2. The van der Waals surface area contributed by atoms with Gasteiger partial charge in [-0.05, 0) is 41.9 Å². The third kappa shape index (κ3) is 1.42. The molecule has 5 aliphatic rings. The molecule has 128 valence electrons. The Morgan fingerprint density at radius 1 is 1.21 bits per heavy atom. The Morgan fingerprint density at radius 3 is 2.67 bits per heavy atom. The van der Waals surface area contributed by atoms with Gasteiger partial charge >= 0.3 is 5.97 Å². The number of esters is 1. The molecule has 5 unspecified atom stereocenters. The van der Waals surface area contributed by atoms with E-state index in [0.717, 1.165) is 30.4 Å². The number of carbonyl (C=O) groups excluding carboxylic acids is 2. The summed E-state index contributed by atoms with van der Waals surface area (Å²) in [7, 11) is 0. The number of carbonyl (C=O) groups is 2. The first-order valence-corrected chi connectivity index (χ1v) is 9.13. The molecule has 4 heteroatoms. The van der Waals surface area contributed by atoms with Gasteiger partial charge in [0.25, 0.3) is 0 Å². The van der Waals surface area contributed by atoms with Gasteiger partial charge in [0.1, 0.15) is 17.8 Å². The topological polar surface area (TPSA) is 55.9 Å². The number of fused-ring (bicyclic) bond motifs is 1. The maximum absolute atomic E-state index is 13.0. The fourth-order valence-electron chi connectivity index (χ4n) is 6.16. The van der Waals surface area contributed by atoms with E-state index < -0.39 is 11.0 Å². The zero-order valence-electron chi connectivity index (χ0n) is 14.7. The quantitative estimate of drug-likeness (QED) is 0.548. The molecule has 0 N–H and O–H groups in total. The second kappa shape index (κ2) is 4.04. The van der Waals surface area contributed by atoms with Crippen LogP contribution in [0.25, 0.3) is 0 Å². The van der Waals surface area contributed by atoms with E-state index >= 15 is 0 Å². The standard InChI is InChI=1S/C20H24O4/c1-10(2)11-9-20-13(8-12(11)21)19-7-5-6-18(3,4)15(19)14(16(20)24-20)23-17(19)22/h8-10,14-16H,5-7H2,1-4H3. The van der Waals surface area contributed by atoms with Crippen molar-refractivity contribution in [2.24, 2.45) is 22.7 Å². The first-order valence-electron chi connectivity index (χ1n) is 9.13. The largest absolute Gasteiger partial charge is 0.458 e. The molecule has 0 radical (unpaired) electrons. The predicted octanol–water partition coefficient (Wildman–Crippen LogP) is 2.97. The highest BCUT2D eigenvalue weighted by Gasteiger charge is 2.82. The summed E-state index contributed by atoms with van der Waals surface area (Å²) in [5.74, 6) is 0.178. The third-order valence-corrected chi connectivity index (χ3v) is 7.14. The summed E-state index contributed by atoms with van der Waals surface area (Å²) < 4.78 is 12.1. The highest BCUT2D eigenvalue weighted by Crippen LogP contribution is 2.73. The highest BCUT2D eigenvalue weighted by atomic mass is 16.7. The fraction of sp³-hybridized carbons (Fsp3) is 0.700. The molecular formula is C20H24O4. The summed E-state index contributed by atoms with van der Waals surface area (Å²) in [5, 5.41) is 0. The Kier molecular flexibility index (Phi) is 2.50. The second-order valence-corrected chi connectivity index (χ2v) is 9.17. The molecule has 2 saturated carbocycles. The number of allylic oxidation sites excluding steroid dienone is 2. The molecule has 2 aliphatic heterocycles. The molecule has 0 aromatic heterocycles. The average molecular weight is 328 g/mol. The van der Waals surface area contributed by atoms with Gasteiger partial charge < -0.3 is 9.47 Å². The summed E-state index contributed by atoms with van der Waals surface area (Å²) in [5.41, 5.74) is 0.491. The van der Waals surface area contributed by atoms with Crippen LogP contribution in [0.3, 0.4) is 0 Å². The smallest absolute Gasteiger partial charge is 0.317 e. The van der Waals surface area contributed by atoms with Crippen LogP contribution in [0, 0.1) is 22.7 Å². The Hall–Kier alpha value is -1.42. The minimum Gasteiger partial charge on any atom is -0.458 e. The molecule has 5 atom stereocenters. The summed E-state index contributed by atoms with van der Waals surface area (Å²) >= 11 is 0. The number of ketones is 1. The van der Waals surface area contributed by atoms with E-state index in [-0.39, 0.29) is 41.2 Å². The van der Waals surface area contributed by atoms with E-state index in [9.17, 15) is 9.59 Å². The SMILES string of the molecule is CC(C)C1=CC23OC2C2OC(=O)C4(CCCC(C)(C)C24)C3=CC1=O. The molecular weight excluding hydrogens is 304 g/mol. The van der Waals surface area contributed by atoms with Crippen LogP contribution in [0.5, 0.6) is 0 Å². The number of hydrogen-bond acceptors (Lipinski definition) is 4. The zero-order valence-corrected chi connectivity index (χ0v) is 14.7. The lowest BCUT2D eigenvalue weighted by Crippen LogP contribution is -2.56. The van der Waals surface area contributed by atoms with Crippen LogP contribution in [-0.2, 0) is 19.1 Å². The first-order chi connectivity index (χ1) is 11.2. The normalized spacial score (nSPS) is 47.3. The van der Waals surface area contributed by atoms with Gasteiger partial charge in [-0.1, -0.05) is 34.1 Å². The molecule has 0 aromatic rings. The van der Waals surface area contributed by atoms with Crippen molar-refractivity contribution in [3.05, 3.63) is 23.3 Å². The molecule has 2 bridgehead atoms. The Bertz CT molecular complexity index is 743. The van der Waals surface area contributed by atoms with Crippen LogP contribution < -0.4 is 0 Å². The molecule has 24 heavy (non-hydrogen) atoms. The minimum absolute atomic E-state index is 0.0130. The number of rotatable bonds is 1. The number of hydrogen-bond donors (Lipinski definition) is 0. The van der Waals surface area contributed by atoms with Crippen molar-refractivity contribution in [1.82, 2.24) is 0 Å². The van der Waals surface area contributed by atoms with Crippen LogP contribution in [0.15, 0.2) is 23.3 Å². The van der Waals surface area contributed by atoms with Crippen LogP contribution in [0.2, 0.25) is 0 Å². The highest BCUT2D eigenvalue weighted by molar-refractivity contribution is 6.08. The van der Waals surface area contributed by atoms with Gasteiger partial charge in [0.2, 0.25) is 0 Å². The molecule has 4 fully saturated rings. The summed E-state index contributed by atoms with van der Waals surface area (Å²) in [4.78, 5) is 25.7. The molecule has 4 nitrogen and oxygen atoms in total. The lowest BCUT2D eigenvalue weighted by molar-refractivity contribution is -0.148. The molecule has 3 aliphatic carbocycles. The second-order valence-electron chi connectivity index (χ2n) is 9.17. The van der Waals surface area contributed by atoms with Crippen molar-refractivity contribution in [2.75, 3.05) is 0 Å². The van der Waals surface area contributed by atoms with Gasteiger partial charge in [-0.15, -0.1) is 0 Å². The lowest BCUT2D eigenvalue weighted by atomic mass is 9.47. The molecule has 5 rings (SSSR count). The number of epoxide rings is 1. The summed E-state index contributed by atoms with van der Waals surface area (Å²) in [6.07, 6.45) is 6.29. The van der Waals surface area contributed by atoms with Gasteiger partial charge in [0, 0.05) is 11.5 Å². The van der Waals surface area contributed by atoms with Crippen molar-refractivity contribution in [1.29, 1.82) is 0 Å². The van der Waals surface area contributed by atoms with E-state index in [0.29, 0.717) is 0 Å². The van der Waals surface area contributed by atoms with Gasteiger partial charge in [-0.25, -0.2) is 0 Å². The lowest BCUT2D eigenvalue weighted by Gasteiger charge is -2.51. The van der Waals surface area contributed by atoms with Crippen molar-refractivity contribution in [3.8, 4) is 0 Å². The van der Waals surface area contributed by atoms with Crippen molar-refractivity contribution >= 4 is 11.8 Å². The third-order valence-electron chi connectivity index (χ3n) is 7.14. The maximum Gasteiger partial charge on any atom is 0.317 e. The van der Waals surface area contributed by atoms with E-state index in [1.165, 1.54) is 0 Å². The predicted molar refractivity (Wildman–Crippen MR) is 87.1 cm³/mol. The fourth-order valence-corrected chi connectivity index (χ4v) is 6.16. The molecule has 0 amide bonds. The Balaban J connectivity index is 1.73. The molecule has 0 aromatic carbocycles. The van der Waals surface area contributed by atoms with Crippen LogP contribution in [-0.4, -0.2) is 29.6 Å².